The molecule has 2 heterocycles. The lowest BCUT2D eigenvalue weighted by Gasteiger charge is -2.15. The van der Waals surface area contributed by atoms with Gasteiger partial charge in [0.1, 0.15) is 13.2 Å². The Morgan fingerprint density at radius 2 is 2.28 bits per heavy atom. The summed E-state index contributed by atoms with van der Waals surface area (Å²) in [5.74, 6) is 0.259. The highest BCUT2D eigenvalue weighted by Crippen LogP contribution is 2.20. The fraction of sp³-hybridized carbons (Fsp3) is 0.385. The van der Waals surface area contributed by atoms with Gasteiger partial charge in [0.2, 0.25) is 0 Å². The first-order chi connectivity index (χ1) is 8.83. The molecule has 0 bridgehead atoms. The van der Waals surface area contributed by atoms with Gasteiger partial charge < -0.3 is 14.5 Å². The molecule has 2 aliphatic rings. The van der Waals surface area contributed by atoms with Crippen molar-refractivity contribution in [3.63, 3.8) is 0 Å². The van der Waals surface area contributed by atoms with E-state index in [2.05, 4.69) is 5.16 Å². The average molecular weight is 246 g/mol. The maximum atomic E-state index is 11.9. The highest BCUT2D eigenvalue weighted by Gasteiger charge is 2.36. The van der Waals surface area contributed by atoms with Crippen molar-refractivity contribution in [2.45, 2.75) is 6.61 Å². The second-order valence-corrected chi connectivity index (χ2v) is 4.50. The standard InChI is InChI=1S/C13H14N2O3/c16-13(17-8-10-4-2-1-3-5-10)15-6-11-9-18-14-12(11)7-15/h1-5,11H,6-9H2/t11-/m0/s1. The minimum Gasteiger partial charge on any atom is -0.445 e. The number of hydrogen-bond acceptors (Lipinski definition) is 4. The molecule has 0 aromatic heterocycles. The Morgan fingerprint density at radius 1 is 1.44 bits per heavy atom. The Labute approximate surface area is 105 Å². The topological polar surface area (TPSA) is 51.1 Å². The number of hydrogen-bond donors (Lipinski definition) is 0. The summed E-state index contributed by atoms with van der Waals surface area (Å²) >= 11 is 0. The molecular weight excluding hydrogens is 232 g/mol. The molecule has 1 aromatic carbocycles. The molecule has 1 amide bonds. The van der Waals surface area contributed by atoms with Crippen molar-refractivity contribution in [1.82, 2.24) is 4.90 Å². The van der Waals surface area contributed by atoms with Crippen molar-refractivity contribution in [1.29, 1.82) is 0 Å². The normalized spacial score (nSPS) is 21.2. The predicted molar refractivity (Wildman–Crippen MR) is 65.1 cm³/mol. The Morgan fingerprint density at radius 3 is 3.06 bits per heavy atom. The summed E-state index contributed by atoms with van der Waals surface area (Å²) in [6.45, 7) is 2.06. The summed E-state index contributed by atoms with van der Waals surface area (Å²) < 4.78 is 5.27. The van der Waals surface area contributed by atoms with Gasteiger partial charge in [-0.25, -0.2) is 4.79 Å². The summed E-state index contributed by atoms with van der Waals surface area (Å²) in [6.07, 6.45) is -0.282. The number of oxime groups is 1. The van der Waals surface area contributed by atoms with Crippen molar-refractivity contribution < 1.29 is 14.4 Å². The second-order valence-electron chi connectivity index (χ2n) is 4.50. The number of rotatable bonds is 2. The van der Waals surface area contributed by atoms with E-state index >= 15 is 0 Å². The molecule has 0 N–H and O–H groups in total. The van der Waals surface area contributed by atoms with Gasteiger partial charge in [-0.05, 0) is 5.56 Å². The average Bonchev–Trinajstić information content (AvgIpc) is 2.98. The van der Waals surface area contributed by atoms with Gasteiger partial charge in [0, 0.05) is 6.54 Å². The summed E-state index contributed by atoms with van der Waals surface area (Å²) in [6, 6.07) is 9.66. The largest absolute Gasteiger partial charge is 0.445 e. The van der Waals surface area contributed by atoms with Crippen LogP contribution in [0.15, 0.2) is 35.5 Å². The molecule has 0 saturated carbocycles. The number of carbonyl (C=O) groups excluding carboxylic acids is 1. The van der Waals surface area contributed by atoms with Crippen molar-refractivity contribution in [2.24, 2.45) is 11.1 Å². The third-order valence-electron chi connectivity index (χ3n) is 3.19. The molecule has 1 atom stereocenters. The first-order valence-electron chi connectivity index (χ1n) is 5.97. The third kappa shape index (κ3) is 2.16. The van der Waals surface area contributed by atoms with Gasteiger partial charge in [0.15, 0.2) is 0 Å². The number of amides is 1. The molecule has 0 radical (unpaired) electrons. The fourth-order valence-electron chi connectivity index (χ4n) is 2.17. The van der Waals surface area contributed by atoms with Gasteiger partial charge in [-0.3, -0.25) is 0 Å². The van der Waals surface area contributed by atoms with E-state index in [1.807, 2.05) is 30.3 Å². The number of fused-ring (bicyclic) bond motifs is 1. The first-order valence-corrected chi connectivity index (χ1v) is 5.97. The van der Waals surface area contributed by atoms with Crippen molar-refractivity contribution >= 4 is 11.8 Å². The van der Waals surface area contributed by atoms with Crippen LogP contribution >= 0.6 is 0 Å². The van der Waals surface area contributed by atoms with Crippen LogP contribution in [0.4, 0.5) is 4.79 Å². The number of nitrogens with zero attached hydrogens (tertiary/aromatic N) is 2. The molecule has 5 nitrogen and oxygen atoms in total. The van der Waals surface area contributed by atoms with Crippen molar-refractivity contribution in [3.05, 3.63) is 35.9 Å². The molecule has 94 valence electrons. The van der Waals surface area contributed by atoms with E-state index in [0.717, 1.165) is 11.3 Å². The molecule has 0 unspecified atom stereocenters. The Bertz CT molecular complexity index is 472. The third-order valence-corrected chi connectivity index (χ3v) is 3.19. The molecule has 0 spiro atoms. The van der Waals surface area contributed by atoms with Gasteiger partial charge in [-0.15, -0.1) is 0 Å². The molecule has 1 aromatic rings. The first kappa shape index (κ1) is 11.1. The zero-order chi connectivity index (χ0) is 12.4. The van der Waals surface area contributed by atoms with Crippen LogP contribution < -0.4 is 0 Å². The minimum absolute atomic E-state index is 0.259. The zero-order valence-corrected chi connectivity index (χ0v) is 9.91. The lowest BCUT2D eigenvalue weighted by atomic mass is 10.1. The Kier molecular flexibility index (Phi) is 2.88. The molecular formula is C13H14N2O3. The summed E-state index contributed by atoms with van der Waals surface area (Å²) in [5.41, 5.74) is 1.94. The van der Waals surface area contributed by atoms with E-state index in [4.69, 9.17) is 9.57 Å². The van der Waals surface area contributed by atoms with Crippen LogP contribution in [0, 0.1) is 5.92 Å². The van der Waals surface area contributed by atoms with E-state index in [1.165, 1.54) is 0 Å². The lowest BCUT2D eigenvalue weighted by molar-refractivity contribution is 0.0954. The van der Waals surface area contributed by atoms with Crippen LogP contribution in [0.25, 0.3) is 0 Å². The van der Waals surface area contributed by atoms with Gasteiger partial charge in [-0.1, -0.05) is 35.5 Å². The van der Waals surface area contributed by atoms with E-state index in [-0.39, 0.29) is 12.0 Å². The van der Waals surface area contributed by atoms with Crippen LogP contribution in [-0.2, 0) is 16.2 Å². The molecule has 2 aliphatic heterocycles. The van der Waals surface area contributed by atoms with Gasteiger partial charge >= 0.3 is 6.09 Å². The zero-order valence-electron chi connectivity index (χ0n) is 9.91. The SMILES string of the molecule is O=C(OCc1ccccc1)N1CC2=NOC[C@@H]2C1. The number of ether oxygens (including phenoxy) is 1. The predicted octanol–water partition coefficient (Wildman–Crippen LogP) is 1.64. The smallest absolute Gasteiger partial charge is 0.410 e. The fourth-order valence-corrected chi connectivity index (χ4v) is 2.17. The number of benzene rings is 1. The van der Waals surface area contributed by atoms with Crippen LogP contribution in [0.3, 0.4) is 0 Å². The van der Waals surface area contributed by atoms with E-state index in [0.29, 0.717) is 26.3 Å². The maximum absolute atomic E-state index is 11.9. The Hall–Kier alpha value is -2.04. The van der Waals surface area contributed by atoms with Crippen LogP contribution in [0.1, 0.15) is 5.56 Å². The van der Waals surface area contributed by atoms with Crippen LogP contribution in [0.2, 0.25) is 0 Å². The number of carbonyl (C=O) groups is 1. The second kappa shape index (κ2) is 4.68. The molecule has 1 fully saturated rings. The Balaban J connectivity index is 1.53. The summed E-state index contributed by atoms with van der Waals surface area (Å²) in [7, 11) is 0. The minimum atomic E-state index is -0.282. The molecule has 3 rings (SSSR count). The molecule has 0 aliphatic carbocycles. The van der Waals surface area contributed by atoms with Crippen LogP contribution in [-0.4, -0.2) is 36.4 Å². The highest BCUT2D eigenvalue weighted by molar-refractivity contribution is 5.94. The van der Waals surface area contributed by atoms with Crippen LogP contribution in [0.5, 0.6) is 0 Å². The van der Waals surface area contributed by atoms with Crippen molar-refractivity contribution in [3.8, 4) is 0 Å². The van der Waals surface area contributed by atoms with Gasteiger partial charge in [-0.2, -0.15) is 0 Å². The van der Waals surface area contributed by atoms with E-state index in [9.17, 15) is 4.79 Å². The van der Waals surface area contributed by atoms with E-state index in [1.54, 1.807) is 4.90 Å². The highest BCUT2D eigenvalue weighted by atomic mass is 16.6. The van der Waals surface area contributed by atoms with Gasteiger partial charge in [0.25, 0.3) is 0 Å². The molecule has 5 heteroatoms. The summed E-state index contributed by atoms with van der Waals surface area (Å²) in [5, 5.41) is 3.92. The molecule has 1 saturated heterocycles. The number of likely N-dealkylation sites (tertiary alicyclic amines) is 1. The van der Waals surface area contributed by atoms with Crippen molar-refractivity contribution in [2.75, 3.05) is 19.7 Å². The lowest BCUT2D eigenvalue weighted by Crippen LogP contribution is -2.30. The summed E-state index contributed by atoms with van der Waals surface area (Å²) in [4.78, 5) is 18.5. The van der Waals surface area contributed by atoms with Gasteiger partial charge in [0.05, 0.1) is 18.2 Å². The molecule has 18 heavy (non-hydrogen) atoms. The quantitative estimate of drug-likeness (QED) is 0.797. The maximum Gasteiger partial charge on any atom is 0.410 e. The van der Waals surface area contributed by atoms with E-state index < -0.39 is 0 Å². The monoisotopic (exact) mass is 246 g/mol.